The lowest BCUT2D eigenvalue weighted by Gasteiger charge is -2.24. The molecular weight excluding hydrogens is 218 g/mol. The number of fused-ring (bicyclic) bond motifs is 1. The summed E-state index contributed by atoms with van der Waals surface area (Å²) in [5.74, 6) is 0.744. The lowest BCUT2D eigenvalue weighted by Crippen LogP contribution is -2.28. The highest BCUT2D eigenvalue weighted by Gasteiger charge is 2.34. The summed E-state index contributed by atoms with van der Waals surface area (Å²) in [4.78, 5) is 10.8. The van der Waals surface area contributed by atoms with Crippen LogP contribution in [0, 0.1) is 10.1 Å². The number of hydrogen-bond donors (Lipinski definition) is 0. The van der Waals surface area contributed by atoms with E-state index in [0.717, 1.165) is 23.3 Å². The van der Waals surface area contributed by atoms with Crippen LogP contribution >= 0.6 is 0 Å². The minimum Gasteiger partial charge on any atom is -0.478 e. The molecule has 0 spiro atoms. The largest absolute Gasteiger partial charge is 0.478 e. The monoisotopic (exact) mass is 233 g/mol. The van der Waals surface area contributed by atoms with Crippen LogP contribution in [0.25, 0.3) is 5.57 Å². The molecule has 0 fully saturated rings. The predicted octanol–water partition coefficient (Wildman–Crippen LogP) is 3.26. The van der Waals surface area contributed by atoms with Gasteiger partial charge in [0.05, 0.1) is 4.92 Å². The second kappa shape index (κ2) is 4.57. The first kappa shape index (κ1) is 11.6. The SMILES string of the molecule is CCCC1Oc2ccccc2C(C)=C1[N+](=O)[O-]. The first-order valence-corrected chi connectivity index (χ1v) is 5.76. The van der Waals surface area contributed by atoms with Crippen LogP contribution in [0.2, 0.25) is 0 Å². The highest BCUT2D eigenvalue weighted by molar-refractivity contribution is 5.72. The van der Waals surface area contributed by atoms with Crippen molar-refractivity contribution >= 4 is 5.57 Å². The summed E-state index contributed by atoms with van der Waals surface area (Å²) in [6.07, 6.45) is 1.10. The zero-order valence-corrected chi connectivity index (χ0v) is 9.97. The molecule has 4 nitrogen and oxygen atoms in total. The van der Waals surface area contributed by atoms with Gasteiger partial charge in [-0.3, -0.25) is 10.1 Å². The molecule has 0 aliphatic carbocycles. The normalized spacial score (nSPS) is 18.6. The standard InChI is InChI=1S/C13H15NO3/c1-3-6-12-13(14(15)16)9(2)10-7-4-5-8-11(10)17-12/h4-5,7-8,12H,3,6H2,1-2H3. The predicted molar refractivity (Wildman–Crippen MR) is 65.4 cm³/mol. The topological polar surface area (TPSA) is 52.4 Å². The molecule has 0 N–H and O–H groups in total. The fraction of sp³-hybridized carbons (Fsp3) is 0.385. The zero-order chi connectivity index (χ0) is 12.4. The molecule has 1 aliphatic heterocycles. The number of benzene rings is 1. The molecule has 0 saturated carbocycles. The molecule has 1 aliphatic rings. The van der Waals surface area contributed by atoms with Gasteiger partial charge in [0.1, 0.15) is 5.75 Å². The van der Waals surface area contributed by atoms with Crippen molar-refractivity contribution in [3.05, 3.63) is 45.6 Å². The maximum Gasteiger partial charge on any atom is 0.290 e. The molecule has 1 aromatic rings. The molecule has 0 radical (unpaired) electrons. The van der Waals surface area contributed by atoms with Crippen molar-refractivity contribution in [1.82, 2.24) is 0 Å². The minimum atomic E-state index is -0.426. The van der Waals surface area contributed by atoms with Gasteiger partial charge in [0, 0.05) is 11.1 Å². The van der Waals surface area contributed by atoms with Crippen LogP contribution in [-0.4, -0.2) is 11.0 Å². The molecule has 0 saturated heterocycles. The number of para-hydroxylation sites is 1. The molecule has 0 amide bonds. The van der Waals surface area contributed by atoms with Crippen molar-refractivity contribution < 1.29 is 9.66 Å². The van der Waals surface area contributed by atoms with Crippen molar-refractivity contribution in [3.63, 3.8) is 0 Å². The van der Waals surface area contributed by atoms with Gasteiger partial charge in [-0.25, -0.2) is 0 Å². The van der Waals surface area contributed by atoms with Gasteiger partial charge < -0.3 is 4.74 Å². The van der Waals surface area contributed by atoms with Gasteiger partial charge in [0.2, 0.25) is 0 Å². The summed E-state index contributed by atoms with van der Waals surface area (Å²) < 4.78 is 5.72. The molecule has 2 rings (SSSR count). The van der Waals surface area contributed by atoms with Gasteiger partial charge in [0.15, 0.2) is 6.10 Å². The Bertz CT molecular complexity index is 479. The Morgan fingerprint density at radius 1 is 1.41 bits per heavy atom. The summed E-state index contributed by atoms with van der Waals surface area (Å²) in [5.41, 5.74) is 1.74. The third-order valence-electron chi connectivity index (χ3n) is 3.00. The van der Waals surface area contributed by atoms with E-state index in [1.54, 1.807) is 6.92 Å². The number of rotatable bonds is 3. The number of ether oxygens (including phenoxy) is 1. The van der Waals surface area contributed by atoms with Crippen LogP contribution in [0.5, 0.6) is 5.75 Å². The molecule has 1 atom stereocenters. The maximum absolute atomic E-state index is 11.1. The van der Waals surface area contributed by atoms with Crippen molar-refractivity contribution in [1.29, 1.82) is 0 Å². The molecule has 1 aromatic carbocycles. The fourth-order valence-electron chi connectivity index (χ4n) is 2.18. The average molecular weight is 233 g/mol. The van der Waals surface area contributed by atoms with Crippen LogP contribution in [0.4, 0.5) is 0 Å². The summed E-state index contributed by atoms with van der Waals surface area (Å²) >= 11 is 0. The van der Waals surface area contributed by atoms with Gasteiger partial charge in [-0.05, 0) is 19.4 Å². The molecular formula is C13H15NO3. The Morgan fingerprint density at radius 3 is 2.76 bits per heavy atom. The van der Waals surface area contributed by atoms with E-state index in [9.17, 15) is 10.1 Å². The highest BCUT2D eigenvalue weighted by atomic mass is 16.6. The van der Waals surface area contributed by atoms with Gasteiger partial charge in [0.25, 0.3) is 5.70 Å². The second-order valence-electron chi connectivity index (χ2n) is 4.16. The second-order valence-corrected chi connectivity index (χ2v) is 4.16. The molecule has 17 heavy (non-hydrogen) atoms. The molecule has 0 aromatic heterocycles. The van der Waals surface area contributed by atoms with Crippen molar-refractivity contribution in [3.8, 4) is 5.75 Å². The number of allylic oxidation sites excluding steroid dienone is 1. The van der Waals surface area contributed by atoms with Crippen LogP contribution in [0.3, 0.4) is 0 Å². The van der Waals surface area contributed by atoms with Gasteiger partial charge in [-0.15, -0.1) is 0 Å². The van der Waals surface area contributed by atoms with Crippen molar-refractivity contribution in [2.45, 2.75) is 32.8 Å². The number of hydrogen-bond acceptors (Lipinski definition) is 3. The molecule has 1 heterocycles. The Balaban J connectivity index is 2.52. The van der Waals surface area contributed by atoms with Crippen LogP contribution < -0.4 is 4.74 Å². The lowest BCUT2D eigenvalue weighted by molar-refractivity contribution is -0.434. The first-order chi connectivity index (χ1) is 8.15. The van der Waals surface area contributed by atoms with Crippen LogP contribution in [0.15, 0.2) is 30.0 Å². The quantitative estimate of drug-likeness (QED) is 0.594. The summed E-state index contributed by atoms with van der Waals surface area (Å²) in [7, 11) is 0. The van der Waals surface area contributed by atoms with E-state index < -0.39 is 6.10 Å². The lowest BCUT2D eigenvalue weighted by atomic mass is 9.97. The molecule has 0 bridgehead atoms. The smallest absolute Gasteiger partial charge is 0.290 e. The van der Waals surface area contributed by atoms with E-state index in [2.05, 4.69) is 0 Å². The van der Waals surface area contributed by atoms with E-state index in [4.69, 9.17) is 4.74 Å². The Labute approximate surface area is 100 Å². The molecule has 4 heteroatoms. The fourth-order valence-corrected chi connectivity index (χ4v) is 2.18. The summed E-state index contributed by atoms with van der Waals surface area (Å²) in [5, 5.41) is 11.1. The average Bonchev–Trinajstić information content (AvgIpc) is 2.29. The number of nitro groups is 1. The Kier molecular flexibility index (Phi) is 3.13. The van der Waals surface area contributed by atoms with Crippen molar-refractivity contribution in [2.24, 2.45) is 0 Å². The minimum absolute atomic E-state index is 0.200. The first-order valence-electron chi connectivity index (χ1n) is 5.76. The third kappa shape index (κ3) is 2.02. The van der Waals surface area contributed by atoms with Gasteiger partial charge in [-0.2, -0.15) is 0 Å². The number of nitrogens with zero attached hydrogens (tertiary/aromatic N) is 1. The van der Waals surface area contributed by atoms with E-state index >= 15 is 0 Å². The van der Waals surface area contributed by atoms with Crippen molar-refractivity contribution in [2.75, 3.05) is 0 Å². The van der Waals surface area contributed by atoms with E-state index in [0.29, 0.717) is 6.42 Å². The van der Waals surface area contributed by atoms with E-state index in [1.807, 2.05) is 31.2 Å². The Hall–Kier alpha value is -1.84. The Morgan fingerprint density at radius 2 is 2.12 bits per heavy atom. The van der Waals surface area contributed by atoms with Gasteiger partial charge in [-0.1, -0.05) is 31.5 Å². The zero-order valence-electron chi connectivity index (χ0n) is 9.97. The molecule has 90 valence electrons. The summed E-state index contributed by atoms with van der Waals surface area (Å²) in [6.45, 7) is 3.79. The summed E-state index contributed by atoms with van der Waals surface area (Å²) in [6, 6.07) is 7.46. The van der Waals surface area contributed by atoms with Gasteiger partial charge >= 0.3 is 0 Å². The highest BCUT2D eigenvalue weighted by Crippen LogP contribution is 2.36. The van der Waals surface area contributed by atoms with Crippen LogP contribution in [-0.2, 0) is 0 Å². The van der Waals surface area contributed by atoms with E-state index in [1.165, 1.54) is 0 Å². The van der Waals surface area contributed by atoms with E-state index in [-0.39, 0.29) is 10.6 Å². The van der Waals surface area contributed by atoms with Crippen LogP contribution in [0.1, 0.15) is 32.3 Å². The molecule has 1 unspecified atom stereocenters. The third-order valence-corrected chi connectivity index (χ3v) is 3.00. The maximum atomic E-state index is 11.1.